The van der Waals surface area contributed by atoms with E-state index in [1.807, 2.05) is 0 Å². The molecule has 6 nitrogen and oxygen atoms in total. The molecule has 0 spiro atoms. The van der Waals surface area contributed by atoms with Crippen molar-refractivity contribution in [2.75, 3.05) is 5.73 Å². The van der Waals surface area contributed by atoms with Crippen LogP contribution in [0.2, 0.25) is 0 Å². The molecule has 0 amide bonds. The third kappa shape index (κ3) is 0.841. The van der Waals surface area contributed by atoms with Crippen molar-refractivity contribution in [2.24, 2.45) is 0 Å². The Morgan fingerprint density at radius 2 is 2.45 bits per heavy atom. The predicted octanol–water partition coefficient (Wildman–Crippen LogP) is 0.0419. The minimum absolute atomic E-state index is 0.419. The quantitative estimate of drug-likeness (QED) is 0.600. The Hall–Kier alpha value is -1.85. The van der Waals surface area contributed by atoms with Gasteiger partial charge in [-0.25, -0.2) is 4.98 Å². The summed E-state index contributed by atoms with van der Waals surface area (Å²) in [7, 11) is 0. The zero-order valence-corrected chi connectivity index (χ0v) is 5.48. The van der Waals surface area contributed by atoms with E-state index in [9.17, 15) is 0 Å². The van der Waals surface area contributed by atoms with Gasteiger partial charge in [-0.3, -0.25) is 5.10 Å². The zero-order chi connectivity index (χ0) is 7.68. The summed E-state index contributed by atoms with van der Waals surface area (Å²) in [4.78, 5) is 3.84. The first-order valence-electron chi connectivity index (χ1n) is 2.94. The molecule has 0 aromatic carbocycles. The molecule has 0 radical (unpaired) electrons. The van der Waals surface area contributed by atoms with E-state index in [-0.39, 0.29) is 0 Å². The second-order valence-corrected chi connectivity index (χ2v) is 1.94. The van der Waals surface area contributed by atoms with E-state index in [2.05, 4.69) is 20.3 Å². The predicted molar refractivity (Wildman–Crippen MR) is 36.3 cm³/mol. The van der Waals surface area contributed by atoms with Gasteiger partial charge in [0.2, 0.25) is 5.76 Å². The maximum atomic E-state index is 5.49. The van der Waals surface area contributed by atoms with Crippen molar-refractivity contribution in [3.05, 3.63) is 12.5 Å². The largest absolute Gasteiger partial charge is 0.394 e. The molecule has 0 aliphatic rings. The van der Waals surface area contributed by atoms with Crippen LogP contribution in [0.4, 0.5) is 5.69 Å². The first kappa shape index (κ1) is 5.90. The van der Waals surface area contributed by atoms with Gasteiger partial charge in [0.1, 0.15) is 12.0 Å². The molecular formula is C5H5N5O. The van der Waals surface area contributed by atoms with Gasteiger partial charge < -0.3 is 10.3 Å². The Morgan fingerprint density at radius 3 is 3.00 bits per heavy atom. The van der Waals surface area contributed by atoms with Crippen molar-refractivity contribution in [1.82, 2.24) is 20.3 Å². The lowest BCUT2D eigenvalue weighted by Gasteiger charge is -1.86. The molecule has 0 aliphatic carbocycles. The molecule has 0 unspecified atom stereocenters. The number of nitrogens with two attached hydrogens (primary N) is 1. The molecule has 0 atom stereocenters. The summed E-state index contributed by atoms with van der Waals surface area (Å²) in [6.45, 7) is 0. The number of nitrogens with zero attached hydrogens (tertiary/aromatic N) is 3. The summed E-state index contributed by atoms with van der Waals surface area (Å²) in [6.07, 6.45) is 2.79. The lowest BCUT2D eigenvalue weighted by atomic mass is 10.4. The van der Waals surface area contributed by atoms with E-state index in [4.69, 9.17) is 10.3 Å². The zero-order valence-electron chi connectivity index (χ0n) is 5.48. The van der Waals surface area contributed by atoms with E-state index in [1.165, 1.54) is 12.5 Å². The highest BCUT2D eigenvalue weighted by molar-refractivity contribution is 5.63. The van der Waals surface area contributed by atoms with Crippen LogP contribution in [0.3, 0.4) is 0 Å². The van der Waals surface area contributed by atoms with Crippen molar-refractivity contribution in [3.63, 3.8) is 0 Å². The van der Waals surface area contributed by atoms with Gasteiger partial charge in [0.05, 0.1) is 6.20 Å². The fourth-order valence-corrected chi connectivity index (χ4v) is 0.742. The molecule has 0 bridgehead atoms. The van der Waals surface area contributed by atoms with Crippen molar-refractivity contribution in [1.29, 1.82) is 0 Å². The summed E-state index contributed by atoms with van der Waals surface area (Å²) in [5, 5.41) is 9.74. The van der Waals surface area contributed by atoms with E-state index >= 15 is 0 Å². The van der Waals surface area contributed by atoms with Crippen molar-refractivity contribution < 1.29 is 4.52 Å². The van der Waals surface area contributed by atoms with Crippen LogP contribution in [-0.2, 0) is 0 Å². The lowest BCUT2D eigenvalue weighted by molar-refractivity contribution is 0.430. The standard InChI is InChI=1S/C5H5N5O/c6-3-1-9-11-4(3)5-7-2-8-10-5/h1-2H,6H2,(H,7,8,10). The van der Waals surface area contributed by atoms with Crippen LogP contribution in [0.15, 0.2) is 17.0 Å². The average Bonchev–Trinajstić information content (AvgIpc) is 2.55. The van der Waals surface area contributed by atoms with Crippen LogP contribution in [0.25, 0.3) is 11.6 Å². The maximum Gasteiger partial charge on any atom is 0.226 e. The van der Waals surface area contributed by atoms with Crippen LogP contribution in [0.5, 0.6) is 0 Å². The molecular weight excluding hydrogens is 146 g/mol. The van der Waals surface area contributed by atoms with Gasteiger partial charge in [0, 0.05) is 0 Å². The smallest absolute Gasteiger partial charge is 0.226 e. The first-order chi connectivity index (χ1) is 5.38. The number of H-pyrrole nitrogens is 1. The number of aromatic amines is 1. The van der Waals surface area contributed by atoms with Crippen LogP contribution < -0.4 is 5.73 Å². The molecule has 2 aromatic rings. The molecule has 56 valence electrons. The topological polar surface area (TPSA) is 93.6 Å². The molecule has 3 N–H and O–H groups in total. The van der Waals surface area contributed by atoms with E-state index in [0.29, 0.717) is 17.3 Å². The fraction of sp³-hybridized carbons (Fsp3) is 0. The average molecular weight is 151 g/mol. The molecule has 0 fully saturated rings. The molecule has 2 heterocycles. The Morgan fingerprint density at radius 1 is 1.55 bits per heavy atom. The van der Waals surface area contributed by atoms with Crippen molar-refractivity contribution in [3.8, 4) is 11.6 Å². The van der Waals surface area contributed by atoms with Crippen LogP contribution in [-0.4, -0.2) is 20.3 Å². The summed E-state index contributed by atoms with van der Waals surface area (Å²) < 4.78 is 4.80. The molecule has 2 aromatic heterocycles. The first-order valence-corrected chi connectivity index (χ1v) is 2.94. The van der Waals surface area contributed by atoms with Gasteiger partial charge in [-0.2, -0.15) is 5.10 Å². The Balaban J connectivity index is 2.53. The summed E-state index contributed by atoms with van der Waals surface area (Å²) in [6, 6.07) is 0. The van der Waals surface area contributed by atoms with Crippen molar-refractivity contribution in [2.45, 2.75) is 0 Å². The number of aromatic nitrogens is 4. The van der Waals surface area contributed by atoms with Crippen LogP contribution in [0, 0.1) is 0 Å². The van der Waals surface area contributed by atoms with E-state index < -0.39 is 0 Å². The molecule has 2 rings (SSSR count). The molecule has 11 heavy (non-hydrogen) atoms. The van der Waals surface area contributed by atoms with Crippen LogP contribution in [0.1, 0.15) is 0 Å². The van der Waals surface area contributed by atoms with Gasteiger partial charge in [-0.1, -0.05) is 5.16 Å². The van der Waals surface area contributed by atoms with Gasteiger partial charge >= 0.3 is 0 Å². The third-order valence-corrected chi connectivity index (χ3v) is 1.23. The minimum Gasteiger partial charge on any atom is -0.394 e. The van der Waals surface area contributed by atoms with E-state index in [0.717, 1.165) is 0 Å². The lowest BCUT2D eigenvalue weighted by Crippen LogP contribution is -1.85. The Bertz CT molecular complexity index is 337. The summed E-state index contributed by atoms with van der Waals surface area (Å²) in [5.74, 6) is 0.905. The summed E-state index contributed by atoms with van der Waals surface area (Å²) >= 11 is 0. The highest BCUT2D eigenvalue weighted by Gasteiger charge is 2.09. The second-order valence-electron chi connectivity index (χ2n) is 1.94. The number of anilines is 1. The van der Waals surface area contributed by atoms with Crippen molar-refractivity contribution >= 4 is 5.69 Å². The Kier molecular flexibility index (Phi) is 1.12. The molecule has 0 saturated heterocycles. The van der Waals surface area contributed by atoms with E-state index in [1.54, 1.807) is 0 Å². The third-order valence-electron chi connectivity index (χ3n) is 1.23. The van der Waals surface area contributed by atoms with Crippen LogP contribution >= 0.6 is 0 Å². The fourth-order valence-electron chi connectivity index (χ4n) is 0.742. The Labute approximate surface area is 61.4 Å². The highest BCUT2D eigenvalue weighted by atomic mass is 16.5. The van der Waals surface area contributed by atoms with Gasteiger partial charge in [-0.15, -0.1) is 0 Å². The highest BCUT2D eigenvalue weighted by Crippen LogP contribution is 2.19. The molecule has 6 heteroatoms. The monoisotopic (exact) mass is 151 g/mol. The summed E-state index contributed by atoms with van der Waals surface area (Å²) in [5.41, 5.74) is 5.93. The van der Waals surface area contributed by atoms with Gasteiger partial charge in [-0.05, 0) is 0 Å². The minimum atomic E-state index is 0.419. The van der Waals surface area contributed by atoms with Gasteiger partial charge in [0.25, 0.3) is 0 Å². The number of hydrogen-bond acceptors (Lipinski definition) is 5. The molecule has 0 aliphatic heterocycles. The number of rotatable bonds is 1. The van der Waals surface area contributed by atoms with Gasteiger partial charge in [0.15, 0.2) is 5.82 Å². The maximum absolute atomic E-state index is 5.49. The molecule has 0 saturated carbocycles. The number of nitrogens with one attached hydrogen (secondary N) is 1. The number of nitrogen functional groups attached to an aromatic ring is 1. The second kappa shape index (κ2) is 2.08. The SMILES string of the molecule is Nc1cnoc1-c1ncn[nH]1. The normalized spacial score (nSPS) is 10.2. The number of hydrogen-bond donors (Lipinski definition) is 2.